The first-order valence-electron chi connectivity index (χ1n) is 7.31. The van der Waals surface area contributed by atoms with E-state index in [1.807, 2.05) is 48.5 Å². The Morgan fingerprint density at radius 1 is 1.04 bits per heavy atom. The molecule has 3 aromatic rings. The van der Waals surface area contributed by atoms with Crippen LogP contribution in [0.25, 0.3) is 10.8 Å². The molecule has 0 aliphatic carbocycles. The number of rotatable bonds is 4. The number of para-hydroxylation sites is 1. The van der Waals surface area contributed by atoms with Gasteiger partial charge in [-0.1, -0.05) is 48.5 Å². The number of hydrogen-bond acceptors (Lipinski definition) is 3. The van der Waals surface area contributed by atoms with Gasteiger partial charge in [-0.3, -0.25) is 4.79 Å². The number of methoxy groups -OCH3 is 1. The topological polar surface area (TPSA) is 58.6 Å². The highest BCUT2D eigenvalue weighted by Gasteiger charge is 2.14. The molecule has 1 amide bonds. The smallest absolute Gasteiger partial charge is 0.255 e. The minimum atomic E-state index is -0.320. The fourth-order valence-electron chi connectivity index (χ4n) is 2.56. The number of phenolic OH excluding ortho intramolecular Hbond substituents is 1. The Labute approximate surface area is 134 Å². The number of ether oxygens (including phenoxy) is 1. The zero-order valence-electron chi connectivity index (χ0n) is 12.7. The van der Waals surface area contributed by atoms with Gasteiger partial charge in [0.1, 0.15) is 11.5 Å². The fourth-order valence-corrected chi connectivity index (χ4v) is 2.56. The lowest BCUT2D eigenvalue weighted by Gasteiger charge is -2.11. The van der Waals surface area contributed by atoms with E-state index in [1.54, 1.807) is 19.2 Å². The van der Waals surface area contributed by atoms with Gasteiger partial charge in [0.05, 0.1) is 12.7 Å². The number of carbonyl (C=O) groups excluding carboxylic acids is 1. The maximum Gasteiger partial charge on any atom is 0.255 e. The Morgan fingerprint density at radius 3 is 2.61 bits per heavy atom. The Morgan fingerprint density at radius 2 is 1.78 bits per heavy atom. The van der Waals surface area contributed by atoms with Gasteiger partial charge in [-0.2, -0.15) is 0 Å². The Kier molecular flexibility index (Phi) is 4.15. The average molecular weight is 307 g/mol. The van der Waals surface area contributed by atoms with E-state index in [4.69, 9.17) is 4.74 Å². The standard InChI is InChI=1S/C19H17NO3/c1-23-17-9-5-3-7-14(17)12-20-19(22)16-11-10-13-6-2-4-8-15(13)18(16)21/h2-11,21H,12H2,1H3,(H,20,22). The van der Waals surface area contributed by atoms with Gasteiger partial charge in [-0.15, -0.1) is 0 Å². The molecule has 0 bridgehead atoms. The lowest BCUT2D eigenvalue weighted by atomic mass is 10.0. The van der Waals surface area contributed by atoms with Crippen LogP contribution in [0.15, 0.2) is 60.7 Å². The van der Waals surface area contributed by atoms with Crippen LogP contribution in [0.1, 0.15) is 15.9 Å². The lowest BCUT2D eigenvalue weighted by molar-refractivity contribution is 0.0948. The first-order chi connectivity index (χ1) is 11.2. The number of phenols is 1. The van der Waals surface area contributed by atoms with Gasteiger partial charge < -0.3 is 15.2 Å². The van der Waals surface area contributed by atoms with E-state index in [0.29, 0.717) is 11.9 Å². The van der Waals surface area contributed by atoms with Crippen molar-refractivity contribution in [3.05, 3.63) is 71.8 Å². The van der Waals surface area contributed by atoms with Crippen molar-refractivity contribution in [2.45, 2.75) is 6.54 Å². The van der Waals surface area contributed by atoms with E-state index < -0.39 is 0 Å². The average Bonchev–Trinajstić information content (AvgIpc) is 2.60. The van der Waals surface area contributed by atoms with Crippen LogP contribution in [0.4, 0.5) is 0 Å². The summed E-state index contributed by atoms with van der Waals surface area (Å²) in [5.74, 6) is 0.398. The zero-order chi connectivity index (χ0) is 16.2. The summed E-state index contributed by atoms with van der Waals surface area (Å²) in [6, 6.07) is 18.4. The number of hydrogen-bond donors (Lipinski definition) is 2. The molecule has 0 aliphatic heterocycles. The van der Waals surface area contributed by atoms with E-state index in [0.717, 1.165) is 16.7 Å². The third kappa shape index (κ3) is 2.97. The van der Waals surface area contributed by atoms with Crippen LogP contribution < -0.4 is 10.1 Å². The molecule has 0 aliphatic rings. The monoisotopic (exact) mass is 307 g/mol. The highest BCUT2D eigenvalue weighted by molar-refractivity contribution is 6.03. The summed E-state index contributed by atoms with van der Waals surface area (Å²) in [5, 5.41) is 14.7. The van der Waals surface area contributed by atoms with Crippen molar-refractivity contribution >= 4 is 16.7 Å². The molecular formula is C19H17NO3. The summed E-state index contributed by atoms with van der Waals surface area (Å²) >= 11 is 0. The molecule has 2 N–H and O–H groups in total. The molecule has 0 spiro atoms. The predicted molar refractivity (Wildman–Crippen MR) is 89.8 cm³/mol. The number of amides is 1. The van der Waals surface area contributed by atoms with Crippen molar-refractivity contribution in [1.82, 2.24) is 5.32 Å². The highest BCUT2D eigenvalue weighted by Crippen LogP contribution is 2.28. The van der Waals surface area contributed by atoms with Crippen LogP contribution in [0.2, 0.25) is 0 Å². The third-order valence-corrected chi connectivity index (χ3v) is 3.78. The van der Waals surface area contributed by atoms with Gasteiger partial charge in [0.2, 0.25) is 0 Å². The van der Waals surface area contributed by atoms with Gasteiger partial charge >= 0.3 is 0 Å². The van der Waals surface area contributed by atoms with Crippen molar-refractivity contribution in [2.75, 3.05) is 7.11 Å². The van der Waals surface area contributed by atoms with Crippen molar-refractivity contribution in [2.24, 2.45) is 0 Å². The molecule has 3 aromatic carbocycles. The van der Waals surface area contributed by atoms with Crippen LogP contribution in [0, 0.1) is 0 Å². The second-order valence-corrected chi connectivity index (χ2v) is 5.18. The molecule has 0 saturated heterocycles. The predicted octanol–water partition coefficient (Wildman–Crippen LogP) is 3.48. The van der Waals surface area contributed by atoms with Crippen molar-refractivity contribution in [3.8, 4) is 11.5 Å². The first-order valence-corrected chi connectivity index (χ1v) is 7.31. The maximum absolute atomic E-state index is 12.4. The second-order valence-electron chi connectivity index (χ2n) is 5.18. The minimum absolute atomic E-state index is 0.000580. The van der Waals surface area contributed by atoms with E-state index in [2.05, 4.69) is 5.32 Å². The zero-order valence-corrected chi connectivity index (χ0v) is 12.7. The van der Waals surface area contributed by atoms with E-state index >= 15 is 0 Å². The van der Waals surface area contributed by atoms with Crippen LogP contribution in [-0.4, -0.2) is 18.1 Å². The fraction of sp³-hybridized carbons (Fsp3) is 0.105. The molecule has 0 aromatic heterocycles. The maximum atomic E-state index is 12.4. The summed E-state index contributed by atoms with van der Waals surface area (Å²) in [4.78, 5) is 12.4. The van der Waals surface area contributed by atoms with Gasteiger partial charge in [0, 0.05) is 17.5 Å². The van der Waals surface area contributed by atoms with Crippen LogP contribution in [-0.2, 0) is 6.54 Å². The van der Waals surface area contributed by atoms with Crippen LogP contribution >= 0.6 is 0 Å². The van der Waals surface area contributed by atoms with Gasteiger partial charge in [0.15, 0.2) is 0 Å². The van der Waals surface area contributed by atoms with Gasteiger partial charge in [-0.05, 0) is 17.5 Å². The van der Waals surface area contributed by atoms with Gasteiger partial charge in [-0.25, -0.2) is 0 Å². The number of aromatic hydroxyl groups is 1. The Hall–Kier alpha value is -3.01. The summed E-state index contributed by atoms with van der Waals surface area (Å²) < 4.78 is 5.26. The summed E-state index contributed by atoms with van der Waals surface area (Å²) in [5.41, 5.74) is 1.14. The van der Waals surface area contributed by atoms with E-state index in [9.17, 15) is 9.90 Å². The van der Waals surface area contributed by atoms with Crippen LogP contribution in [0.5, 0.6) is 11.5 Å². The number of carbonyl (C=O) groups is 1. The molecule has 0 unspecified atom stereocenters. The Bertz CT molecular complexity index is 858. The molecule has 0 atom stereocenters. The number of benzene rings is 3. The van der Waals surface area contributed by atoms with E-state index in [1.165, 1.54) is 0 Å². The molecule has 116 valence electrons. The molecule has 23 heavy (non-hydrogen) atoms. The molecule has 0 radical (unpaired) electrons. The lowest BCUT2D eigenvalue weighted by Crippen LogP contribution is -2.23. The Balaban J connectivity index is 1.82. The van der Waals surface area contributed by atoms with Crippen molar-refractivity contribution < 1.29 is 14.6 Å². The third-order valence-electron chi connectivity index (χ3n) is 3.78. The molecule has 3 rings (SSSR count). The molecule has 0 fully saturated rings. The van der Waals surface area contributed by atoms with Crippen molar-refractivity contribution in [3.63, 3.8) is 0 Å². The second kappa shape index (κ2) is 6.40. The largest absolute Gasteiger partial charge is 0.506 e. The normalized spacial score (nSPS) is 10.5. The summed E-state index contributed by atoms with van der Waals surface area (Å²) in [6.07, 6.45) is 0. The molecular weight excluding hydrogens is 290 g/mol. The van der Waals surface area contributed by atoms with Crippen LogP contribution in [0.3, 0.4) is 0 Å². The molecule has 0 saturated carbocycles. The summed E-state index contributed by atoms with van der Waals surface area (Å²) in [7, 11) is 1.59. The SMILES string of the molecule is COc1ccccc1CNC(=O)c1ccc2ccccc2c1O. The number of fused-ring (bicyclic) bond motifs is 1. The first kappa shape index (κ1) is 14.9. The molecule has 4 nitrogen and oxygen atoms in total. The number of nitrogens with one attached hydrogen (secondary N) is 1. The van der Waals surface area contributed by atoms with Gasteiger partial charge in [0.25, 0.3) is 5.91 Å². The van der Waals surface area contributed by atoms with E-state index in [-0.39, 0.29) is 17.2 Å². The molecule has 4 heteroatoms. The summed E-state index contributed by atoms with van der Waals surface area (Å²) in [6.45, 7) is 0.328. The molecule has 0 heterocycles. The highest BCUT2D eigenvalue weighted by atomic mass is 16.5. The minimum Gasteiger partial charge on any atom is -0.506 e. The quantitative estimate of drug-likeness (QED) is 0.776. The van der Waals surface area contributed by atoms with Crippen molar-refractivity contribution in [1.29, 1.82) is 0 Å².